The first kappa shape index (κ1) is 11.9. The average molecular weight is 227 g/mol. The number of aryl methyl sites for hydroxylation is 1. The number of alkyl halides is 3. The van der Waals surface area contributed by atoms with Gasteiger partial charge in [0.15, 0.2) is 0 Å². The normalized spacial score (nSPS) is 13.0. The molecule has 0 unspecified atom stereocenters. The SMILES string of the molecule is Cc1ccc(C(F)(F)F)c([B-](F)(F)F)c1. The van der Waals surface area contributed by atoms with Crippen molar-refractivity contribution < 1.29 is 26.1 Å². The van der Waals surface area contributed by atoms with Crippen LogP contribution in [0, 0.1) is 6.92 Å². The van der Waals surface area contributed by atoms with Gasteiger partial charge in [-0.25, -0.2) is 0 Å². The molecule has 0 bridgehead atoms. The monoisotopic (exact) mass is 227 g/mol. The highest BCUT2D eigenvalue weighted by Crippen LogP contribution is 2.30. The standard InChI is InChI=1S/C8H6BF6/c1-5-2-3-6(8(10,11)12)7(4-5)9(13,14)15/h2-4H,1H3/q-1. The number of rotatable bonds is 1. The van der Waals surface area contributed by atoms with E-state index >= 15 is 0 Å². The van der Waals surface area contributed by atoms with Crippen LogP contribution in [0.15, 0.2) is 18.2 Å². The summed E-state index contributed by atoms with van der Waals surface area (Å²) in [6.45, 7) is -4.33. The van der Waals surface area contributed by atoms with Crippen molar-refractivity contribution in [3.8, 4) is 0 Å². The third-order valence-corrected chi connectivity index (χ3v) is 1.87. The molecule has 84 valence electrons. The third-order valence-electron chi connectivity index (χ3n) is 1.87. The average Bonchev–Trinajstić information content (AvgIpc) is 2.00. The molecular formula is C8H6BF6-. The summed E-state index contributed by atoms with van der Waals surface area (Å²) in [5.74, 6) is 0. The highest BCUT2D eigenvalue weighted by atomic mass is 19.4. The topological polar surface area (TPSA) is 0 Å². The summed E-state index contributed by atoms with van der Waals surface area (Å²) in [4.78, 5) is 0. The van der Waals surface area contributed by atoms with Crippen molar-refractivity contribution in [2.45, 2.75) is 13.1 Å². The van der Waals surface area contributed by atoms with Crippen molar-refractivity contribution in [2.75, 3.05) is 0 Å². The van der Waals surface area contributed by atoms with Gasteiger partial charge in [0, 0.05) is 5.56 Å². The fraction of sp³-hybridized carbons (Fsp3) is 0.250. The predicted octanol–water partition coefficient (Wildman–Crippen LogP) is 3.07. The summed E-state index contributed by atoms with van der Waals surface area (Å²) in [6.07, 6.45) is -4.97. The van der Waals surface area contributed by atoms with Crippen molar-refractivity contribution >= 4 is 12.4 Å². The van der Waals surface area contributed by atoms with Crippen LogP contribution >= 0.6 is 0 Å². The molecule has 0 nitrogen and oxygen atoms in total. The van der Waals surface area contributed by atoms with Crippen molar-refractivity contribution in [2.24, 2.45) is 0 Å². The van der Waals surface area contributed by atoms with Gasteiger partial charge in [0.2, 0.25) is 0 Å². The van der Waals surface area contributed by atoms with E-state index in [9.17, 15) is 26.1 Å². The van der Waals surface area contributed by atoms with Crippen LogP contribution in [0.3, 0.4) is 0 Å². The Morgan fingerprint density at radius 2 is 1.60 bits per heavy atom. The van der Waals surface area contributed by atoms with Gasteiger partial charge in [0.05, 0.1) is 0 Å². The maximum Gasteiger partial charge on any atom is 0.510 e. The molecule has 0 amide bonds. The molecule has 7 heteroatoms. The van der Waals surface area contributed by atoms with E-state index in [1.807, 2.05) is 0 Å². The molecule has 0 spiro atoms. The van der Waals surface area contributed by atoms with Gasteiger partial charge in [-0.1, -0.05) is 29.2 Å². The highest BCUT2D eigenvalue weighted by molar-refractivity contribution is 6.74. The zero-order valence-electron chi connectivity index (χ0n) is 7.58. The largest absolute Gasteiger partial charge is 0.510 e. The van der Waals surface area contributed by atoms with Crippen LogP contribution in [0.2, 0.25) is 0 Å². The van der Waals surface area contributed by atoms with Crippen LogP contribution in [0.1, 0.15) is 11.1 Å². The van der Waals surface area contributed by atoms with Gasteiger partial charge in [0.1, 0.15) is 0 Å². The molecule has 0 aliphatic carbocycles. The quantitative estimate of drug-likeness (QED) is 0.510. The smallest absolute Gasteiger partial charge is 0.445 e. The lowest BCUT2D eigenvalue weighted by Crippen LogP contribution is -2.39. The fourth-order valence-electron chi connectivity index (χ4n) is 1.21. The van der Waals surface area contributed by atoms with Crippen LogP contribution in [0.5, 0.6) is 0 Å². The molecule has 0 radical (unpaired) electrons. The van der Waals surface area contributed by atoms with E-state index in [1.54, 1.807) is 0 Å². The lowest BCUT2D eigenvalue weighted by molar-refractivity contribution is -0.136. The van der Waals surface area contributed by atoms with E-state index in [0.29, 0.717) is 12.1 Å². The second kappa shape index (κ2) is 3.46. The van der Waals surface area contributed by atoms with E-state index in [0.717, 1.165) is 6.07 Å². The van der Waals surface area contributed by atoms with E-state index < -0.39 is 24.2 Å². The maximum atomic E-state index is 12.3. The Labute approximate surface area is 82.0 Å². The van der Waals surface area contributed by atoms with Gasteiger partial charge in [-0.15, -0.1) is 0 Å². The Hall–Kier alpha value is -1.14. The van der Waals surface area contributed by atoms with E-state index in [2.05, 4.69) is 0 Å². The van der Waals surface area contributed by atoms with E-state index in [1.165, 1.54) is 6.92 Å². The molecule has 1 aromatic carbocycles. The van der Waals surface area contributed by atoms with Crippen LogP contribution < -0.4 is 5.46 Å². The maximum absolute atomic E-state index is 12.3. The molecule has 1 rings (SSSR count). The van der Waals surface area contributed by atoms with Crippen LogP contribution in [0.25, 0.3) is 0 Å². The lowest BCUT2D eigenvalue weighted by Gasteiger charge is -2.21. The van der Waals surface area contributed by atoms with Crippen LogP contribution in [-0.4, -0.2) is 6.98 Å². The second-order valence-electron chi connectivity index (χ2n) is 3.16. The number of benzene rings is 1. The molecule has 0 saturated carbocycles. The summed E-state index contributed by atoms with van der Waals surface area (Å²) in [5.41, 5.74) is -3.06. The number of hydrogen-bond acceptors (Lipinski definition) is 0. The molecule has 0 heterocycles. The zero-order valence-corrected chi connectivity index (χ0v) is 7.58. The molecule has 0 aromatic heterocycles. The summed E-state index contributed by atoms with van der Waals surface area (Å²) >= 11 is 0. The van der Waals surface area contributed by atoms with Crippen molar-refractivity contribution in [1.29, 1.82) is 0 Å². The van der Waals surface area contributed by atoms with Crippen molar-refractivity contribution in [3.63, 3.8) is 0 Å². The summed E-state index contributed by atoms with van der Waals surface area (Å²) < 4.78 is 73.6. The molecule has 0 fully saturated rings. The third kappa shape index (κ3) is 2.67. The van der Waals surface area contributed by atoms with Gasteiger partial charge in [-0.3, -0.25) is 0 Å². The Morgan fingerprint density at radius 3 is 2.00 bits per heavy atom. The Kier molecular flexibility index (Phi) is 2.76. The molecule has 0 saturated heterocycles. The van der Waals surface area contributed by atoms with Crippen LogP contribution in [-0.2, 0) is 6.18 Å². The van der Waals surface area contributed by atoms with E-state index in [-0.39, 0.29) is 5.56 Å². The number of hydrogen-bond donors (Lipinski definition) is 0. The molecule has 0 aliphatic heterocycles. The summed E-state index contributed by atoms with van der Waals surface area (Å²) in [7, 11) is 0. The highest BCUT2D eigenvalue weighted by Gasteiger charge is 2.39. The van der Waals surface area contributed by atoms with Gasteiger partial charge in [-0.05, 0) is 6.92 Å². The minimum atomic E-state index is -5.64. The van der Waals surface area contributed by atoms with E-state index in [4.69, 9.17) is 0 Å². The lowest BCUT2D eigenvalue weighted by atomic mass is 9.76. The first-order valence-electron chi connectivity index (χ1n) is 4.00. The Balaban J connectivity index is 3.41. The zero-order chi connectivity index (χ0) is 11.9. The van der Waals surface area contributed by atoms with Crippen LogP contribution in [0.4, 0.5) is 26.1 Å². The first-order chi connectivity index (χ1) is 6.62. The minimum Gasteiger partial charge on any atom is -0.445 e. The van der Waals surface area contributed by atoms with Gasteiger partial charge >= 0.3 is 13.2 Å². The Bertz CT molecular complexity index is 364. The Morgan fingerprint density at radius 1 is 1.07 bits per heavy atom. The minimum absolute atomic E-state index is 0.150. The number of halogens is 6. The molecular weight excluding hydrogens is 221 g/mol. The molecule has 0 atom stereocenters. The summed E-state index contributed by atoms with van der Waals surface area (Å²) in [6, 6.07) is 1.98. The molecule has 1 aromatic rings. The predicted molar refractivity (Wildman–Crippen MR) is 44.9 cm³/mol. The second-order valence-corrected chi connectivity index (χ2v) is 3.16. The first-order valence-corrected chi connectivity index (χ1v) is 4.00. The van der Waals surface area contributed by atoms with Crippen molar-refractivity contribution in [3.05, 3.63) is 29.3 Å². The van der Waals surface area contributed by atoms with Gasteiger partial charge in [-0.2, -0.15) is 13.2 Å². The molecule has 0 N–H and O–H groups in total. The summed E-state index contributed by atoms with van der Waals surface area (Å²) in [5, 5.41) is 0. The van der Waals surface area contributed by atoms with Gasteiger partial charge in [0.25, 0.3) is 0 Å². The molecule has 15 heavy (non-hydrogen) atoms. The fourth-order valence-corrected chi connectivity index (χ4v) is 1.21. The molecule has 0 aliphatic rings. The van der Waals surface area contributed by atoms with Gasteiger partial charge < -0.3 is 12.9 Å². The van der Waals surface area contributed by atoms with Crippen molar-refractivity contribution in [1.82, 2.24) is 0 Å².